The molecule has 0 aromatic heterocycles. The van der Waals surface area contributed by atoms with Gasteiger partial charge < -0.3 is 0 Å². The number of esters is 1. The Balaban J connectivity index is 1.97. The molecule has 4 nitrogen and oxygen atoms in total. The number of hydrogen-bond acceptors (Lipinski definition) is 4. The second-order valence-corrected chi connectivity index (χ2v) is 18.8. The number of halogens is 2. The summed E-state index contributed by atoms with van der Waals surface area (Å²) in [6, 6.07) is 7.57. The molecule has 1 unspecified atom stereocenters. The van der Waals surface area contributed by atoms with Gasteiger partial charge in [0.2, 0.25) is 0 Å². The average Bonchev–Trinajstić information content (AvgIpc) is 2.93. The SMILES string of the molecule is CCOC(=O)/C=C1\CCC(C[Te](Cl)(Cl)c2ccc(OC)cc2)O1. The Morgan fingerprint density at radius 2 is 2.09 bits per heavy atom. The summed E-state index contributed by atoms with van der Waals surface area (Å²) < 4.78 is 17.4. The third-order valence-electron chi connectivity index (χ3n) is 3.40. The van der Waals surface area contributed by atoms with Gasteiger partial charge in [-0.05, 0) is 0 Å². The molecule has 1 fully saturated rings. The van der Waals surface area contributed by atoms with Crippen molar-refractivity contribution in [3.63, 3.8) is 0 Å². The van der Waals surface area contributed by atoms with E-state index in [4.69, 9.17) is 32.1 Å². The van der Waals surface area contributed by atoms with Gasteiger partial charge in [0.05, 0.1) is 0 Å². The Morgan fingerprint density at radius 3 is 2.70 bits per heavy atom. The summed E-state index contributed by atoms with van der Waals surface area (Å²) in [5, 5.41) is 0. The monoisotopic (exact) mass is 476 g/mol. The number of allylic oxidation sites excluding steroid dienone is 1. The molecule has 0 N–H and O–H groups in total. The van der Waals surface area contributed by atoms with Crippen molar-refractivity contribution in [2.45, 2.75) is 30.3 Å². The van der Waals surface area contributed by atoms with Crippen LogP contribution < -0.4 is 8.35 Å². The van der Waals surface area contributed by atoms with Gasteiger partial charge in [-0.25, -0.2) is 0 Å². The average molecular weight is 475 g/mol. The van der Waals surface area contributed by atoms with Crippen molar-refractivity contribution >= 4 is 43.4 Å². The van der Waals surface area contributed by atoms with Crippen LogP contribution in [0.5, 0.6) is 5.75 Å². The molecule has 0 spiro atoms. The summed E-state index contributed by atoms with van der Waals surface area (Å²) in [6.45, 7) is 2.12. The molecule has 1 aromatic rings. The van der Waals surface area contributed by atoms with Gasteiger partial charge in [0, 0.05) is 0 Å². The van der Waals surface area contributed by atoms with Gasteiger partial charge >= 0.3 is 148 Å². The van der Waals surface area contributed by atoms with Gasteiger partial charge in [-0.1, -0.05) is 0 Å². The first-order valence-electron chi connectivity index (χ1n) is 7.33. The van der Waals surface area contributed by atoms with E-state index in [0.29, 0.717) is 23.3 Å². The number of benzene rings is 1. The van der Waals surface area contributed by atoms with Crippen LogP contribution in [-0.2, 0) is 14.3 Å². The molecular formula is C16H20Cl2O4Te. The zero-order chi connectivity index (χ0) is 16.9. The standard InChI is InChI=1S/C16H20Cl2O4Te/c1-3-21-16(19)10-13-4-5-14(22-13)11-23(17,18)15-8-6-12(20-2)7-9-15/h6-10,14H,3-5,11H2,1-2H3/b13-10+. The normalized spacial score (nSPS) is 20.2. The summed E-state index contributed by atoms with van der Waals surface area (Å²) in [5.74, 6) is 1.05. The van der Waals surface area contributed by atoms with Crippen LogP contribution in [0, 0.1) is 0 Å². The Hall–Kier alpha value is -0.600. The van der Waals surface area contributed by atoms with E-state index in [1.54, 1.807) is 14.0 Å². The Morgan fingerprint density at radius 1 is 1.39 bits per heavy atom. The van der Waals surface area contributed by atoms with Crippen LogP contribution in [0.15, 0.2) is 36.1 Å². The molecule has 1 saturated heterocycles. The number of rotatable bonds is 6. The second-order valence-electron chi connectivity index (χ2n) is 5.06. The summed E-state index contributed by atoms with van der Waals surface area (Å²) >= 11 is -3.23. The van der Waals surface area contributed by atoms with Crippen LogP contribution in [0.3, 0.4) is 0 Å². The molecule has 1 aliphatic heterocycles. The van der Waals surface area contributed by atoms with E-state index in [1.807, 2.05) is 24.3 Å². The zero-order valence-electron chi connectivity index (χ0n) is 13.1. The van der Waals surface area contributed by atoms with Crippen LogP contribution in [0.25, 0.3) is 0 Å². The first-order valence-corrected chi connectivity index (χ1v) is 16.0. The van der Waals surface area contributed by atoms with E-state index >= 15 is 0 Å². The third-order valence-corrected chi connectivity index (χ3v) is 12.5. The van der Waals surface area contributed by atoms with Gasteiger partial charge in [0.15, 0.2) is 0 Å². The quantitative estimate of drug-likeness (QED) is 0.360. The Labute approximate surface area is 148 Å². The van der Waals surface area contributed by atoms with Crippen molar-refractivity contribution in [3.05, 3.63) is 36.1 Å². The molecule has 0 bridgehead atoms. The summed E-state index contributed by atoms with van der Waals surface area (Å²) in [6.07, 6.45) is 2.88. The van der Waals surface area contributed by atoms with E-state index < -0.39 is 15.9 Å². The van der Waals surface area contributed by atoms with Crippen LogP contribution >= 0.6 is 17.9 Å². The number of carbonyl (C=O) groups is 1. The zero-order valence-corrected chi connectivity index (χ0v) is 16.9. The van der Waals surface area contributed by atoms with Gasteiger partial charge in [-0.3, -0.25) is 0 Å². The van der Waals surface area contributed by atoms with E-state index in [0.717, 1.165) is 15.8 Å². The molecule has 1 heterocycles. The molecule has 1 aliphatic rings. The topological polar surface area (TPSA) is 44.8 Å². The molecule has 1 atom stereocenters. The van der Waals surface area contributed by atoms with Crippen molar-refractivity contribution in [1.29, 1.82) is 0 Å². The Kier molecular flexibility index (Phi) is 6.91. The number of ether oxygens (including phenoxy) is 3. The summed E-state index contributed by atoms with van der Waals surface area (Å²) in [7, 11) is 14.9. The second kappa shape index (κ2) is 8.48. The minimum atomic E-state index is -3.23. The van der Waals surface area contributed by atoms with Gasteiger partial charge in [-0.2, -0.15) is 0 Å². The van der Waals surface area contributed by atoms with E-state index in [-0.39, 0.29) is 12.1 Å². The fourth-order valence-corrected chi connectivity index (χ4v) is 9.62. The molecule has 0 saturated carbocycles. The van der Waals surface area contributed by atoms with Crippen molar-refractivity contribution < 1.29 is 19.0 Å². The predicted octanol–water partition coefficient (Wildman–Crippen LogP) is 3.45. The molecular weight excluding hydrogens is 455 g/mol. The van der Waals surface area contributed by atoms with Crippen LogP contribution in [0.1, 0.15) is 19.8 Å². The van der Waals surface area contributed by atoms with Gasteiger partial charge in [-0.15, -0.1) is 0 Å². The summed E-state index contributed by atoms with van der Waals surface area (Å²) in [4.78, 5) is 11.4. The molecule has 1 aromatic carbocycles. The Bertz CT molecular complexity index is 572. The molecule has 23 heavy (non-hydrogen) atoms. The van der Waals surface area contributed by atoms with E-state index in [2.05, 4.69) is 0 Å². The van der Waals surface area contributed by atoms with E-state index in [1.165, 1.54) is 6.08 Å². The first kappa shape index (κ1) is 18.7. The van der Waals surface area contributed by atoms with Gasteiger partial charge in [0.25, 0.3) is 0 Å². The number of carbonyl (C=O) groups excluding carboxylic acids is 1. The van der Waals surface area contributed by atoms with Crippen molar-refractivity contribution in [2.75, 3.05) is 13.7 Å². The number of hydrogen-bond donors (Lipinski definition) is 0. The minimum absolute atomic E-state index is 0.0472. The number of methoxy groups -OCH3 is 1. The molecule has 0 radical (unpaired) electrons. The first-order chi connectivity index (χ1) is 10.9. The van der Waals surface area contributed by atoms with Crippen LogP contribution in [-0.4, -0.2) is 41.7 Å². The molecule has 128 valence electrons. The van der Waals surface area contributed by atoms with Crippen LogP contribution in [0.4, 0.5) is 0 Å². The molecule has 7 heteroatoms. The van der Waals surface area contributed by atoms with Crippen LogP contribution in [0.2, 0.25) is 4.47 Å². The van der Waals surface area contributed by atoms with Crippen molar-refractivity contribution in [1.82, 2.24) is 0 Å². The fourth-order valence-electron chi connectivity index (χ4n) is 2.28. The fraction of sp³-hybridized carbons (Fsp3) is 0.438. The van der Waals surface area contributed by atoms with Crippen molar-refractivity contribution in [3.8, 4) is 5.75 Å². The summed E-state index contributed by atoms with van der Waals surface area (Å²) in [5.41, 5.74) is 0. The molecule has 0 aliphatic carbocycles. The predicted molar refractivity (Wildman–Crippen MR) is 93.7 cm³/mol. The van der Waals surface area contributed by atoms with Gasteiger partial charge in [0.1, 0.15) is 0 Å². The van der Waals surface area contributed by atoms with E-state index in [9.17, 15) is 4.79 Å². The third kappa shape index (κ3) is 5.46. The molecule has 0 amide bonds. The maximum atomic E-state index is 11.4. The maximum absolute atomic E-state index is 11.4. The van der Waals surface area contributed by atoms with Crippen molar-refractivity contribution in [2.24, 2.45) is 0 Å². The molecule has 2 rings (SSSR count).